The number of hydrogen-bond donors (Lipinski definition) is 0. The summed E-state index contributed by atoms with van der Waals surface area (Å²) in [5, 5.41) is 0.231. The van der Waals surface area contributed by atoms with Crippen LogP contribution in [0.5, 0.6) is 17.2 Å². The number of carbonyl (C=O) groups excluding carboxylic acids is 2. The number of benzene rings is 1. The fourth-order valence-electron chi connectivity index (χ4n) is 2.77. The quantitative estimate of drug-likeness (QED) is 0.462. The van der Waals surface area contributed by atoms with Crippen LogP contribution in [0.2, 0.25) is 0 Å². The van der Waals surface area contributed by atoms with Crippen LogP contribution in [0.1, 0.15) is 19.4 Å². The Morgan fingerprint density at radius 3 is 2.20 bits per heavy atom. The molecule has 0 atom stereocenters. The highest BCUT2D eigenvalue weighted by Crippen LogP contribution is 2.39. The van der Waals surface area contributed by atoms with Crippen molar-refractivity contribution in [2.75, 3.05) is 27.0 Å². The van der Waals surface area contributed by atoms with Crippen molar-refractivity contribution < 1.29 is 23.8 Å². The Kier molecular flexibility index (Phi) is 4.63. The molecule has 25 heavy (non-hydrogen) atoms. The van der Waals surface area contributed by atoms with Gasteiger partial charge < -0.3 is 14.2 Å². The van der Waals surface area contributed by atoms with Gasteiger partial charge in [-0.3, -0.25) is 19.4 Å². The van der Waals surface area contributed by atoms with Gasteiger partial charge in [0.25, 0.3) is 11.8 Å². The fourth-order valence-corrected chi connectivity index (χ4v) is 3.19. The van der Waals surface area contributed by atoms with Gasteiger partial charge in [-0.2, -0.15) is 0 Å². The van der Waals surface area contributed by atoms with E-state index in [1.165, 1.54) is 23.0 Å². The van der Waals surface area contributed by atoms with Crippen LogP contribution >= 0.6 is 12.2 Å². The van der Waals surface area contributed by atoms with Crippen molar-refractivity contribution in [3.63, 3.8) is 0 Å². The van der Waals surface area contributed by atoms with Crippen molar-refractivity contribution in [2.24, 2.45) is 0 Å². The maximum atomic E-state index is 12.7. The van der Waals surface area contributed by atoms with Crippen LogP contribution in [0.4, 0.5) is 0 Å². The van der Waals surface area contributed by atoms with E-state index in [2.05, 4.69) is 0 Å². The lowest BCUT2D eigenvalue weighted by atomic mass is 10.0. The SMILES string of the molecule is CCN1C(=O)C(=Cc2cc3c(cc2OC)OCO3)C(=O)N(CC)C1=S. The summed E-state index contributed by atoms with van der Waals surface area (Å²) in [7, 11) is 1.51. The van der Waals surface area contributed by atoms with Gasteiger partial charge in [-0.05, 0) is 38.2 Å². The number of methoxy groups -OCH3 is 1. The summed E-state index contributed by atoms with van der Waals surface area (Å²) in [5.74, 6) is 0.755. The maximum absolute atomic E-state index is 12.7. The number of thiocarbonyl (C=S) groups is 1. The minimum absolute atomic E-state index is 0.0365. The Balaban J connectivity index is 2.09. The van der Waals surface area contributed by atoms with Gasteiger partial charge in [0.05, 0.1) is 7.11 Å². The Morgan fingerprint density at radius 2 is 1.68 bits per heavy atom. The summed E-state index contributed by atoms with van der Waals surface area (Å²) in [6.45, 7) is 4.52. The number of likely N-dealkylation sites (N-methyl/N-ethyl adjacent to an activating group) is 2. The molecule has 0 aliphatic carbocycles. The van der Waals surface area contributed by atoms with Gasteiger partial charge in [0, 0.05) is 24.7 Å². The van der Waals surface area contributed by atoms with Crippen LogP contribution in [0, 0.1) is 0 Å². The highest BCUT2D eigenvalue weighted by molar-refractivity contribution is 7.80. The molecule has 3 rings (SSSR count). The van der Waals surface area contributed by atoms with Crippen LogP contribution in [0.3, 0.4) is 0 Å². The average molecular weight is 362 g/mol. The van der Waals surface area contributed by atoms with E-state index in [9.17, 15) is 9.59 Å². The molecule has 0 saturated carbocycles. The zero-order valence-electron chi connectivity index (χ0n) is 14.2. The summed E-state index contributed by atoms with van der Waals surface area (Å²) in [6, 6.07) is 3.36. The predicted octanol–water partition coefficient (Wildman–Crippen LogP) is 1.80. The second-order valence-electron chi connectivity index (χ2n) is 5.39. The Hall–Kier alpha value is -2.61. The number of fused-ring (bicyclic) bond motifs is 1. The Morgan fingerprint density at radius 1 is 1.12 bits per heavy atom. The Bertz CT molecular complexity index is 761. The smallest absolute Gasteiger partial charge is 0.265 e. The number of ether oxygens (including phenoxy) is 3. The van der Waals surface area contributed by atoms with Crippen LogP contribution in [0.15, 0.2) is 17.7 Å². The molecule has 2 amide bonds. The summed E-state index contributed by atoms with van der Waals surface area (Å²) in [6.07, 6.45) is 1.51. The first-order valence-corrected chi connectivity index (χ1v) is 8.29. The fraction of sp³-hybridized carbons (Fsp3) is 0.353. The summed E-state index contributed by atoms with van der Waals surface area (Å²) >= 11 is 5.25. The van der Waals surface area contributed by atoms with E-state index in [1.54, 1.807) is 12.1 Å². The molecule has 0 radical (unpaired) electrons. The standard InChI is InChI=1S/C17H18N2O5S/c1-4-18-15(20)11(16(21)19(5-2)17(18)25)6-10-7-13-14(24-9-23-13)8-12(10)22-3/h6-8H,4-5,9H2,1-3H3. The lowest BCUT2D eigenvalue weighted by molar-refractivity contribution is -0.133. The van der Waals surface area contributed by atoms with E-state index >= 15 is 0 Å². The van der Waals surface area contributed by atoms with Crippen molar-refractivity contribution >= 4 is 35.2 Å². The van der Waals surface area contributed by atoms with Gasteiger partial charge in [-0.15, -0.1) is 0 Å². The van der Waals surface area contributed by atoms with E-state index in [0.717, 1.165) is 0 Å². The lowest BCUT2D eigenvalue weighted by Gasteiger charge is -2.35. The molecule has 1 saturated heterocycles. The second-order valence-corrected chi connectivity index (χ2v) is 5.75. The lowest BCUT2D eigenvalue weighted by Crippen LogP contribution is -2.55. The monoisotopic (exact) mass is 362 g/mol. The number of nitrogens with zero attached hydrogens (tertiary/aromatic N) is 2. The minimum atomic E-state index is -0.415. The van der Waals surface area contributed by atoms with Gasteiger partial charge in [0.2, 0.25) is 6.79 Å². The van der Waals surface area contributed by atoms with Crippen LogP contribution in [0.25, 0.3) is 6.08 Å². The highest BCUT2D eigenvalue weighted by atomic mass is 32.1. The molecule has 1 aromatic rings. The van der Waals surface area contributed by atoms with Gasteiger partial charge >= 0.3 is 0 Å². The number of amides is 2. The summed E-state index contributed by atoms with van der Waals surface area (Å²) < 4.78 is 16.0. The van der Waals surface area contributed by atoms with Gasteiger partial charge in [-0.1, -0.05) is 0 Å². The number of carbonyl (C=O) groups is 2. The normalized spacial score (nSPS) is 16.6. The molecular weight excluding hydrogens is 344 g/mol. The molecule has 2 aliphatic rings. The van der Waals surface area contributed by atoms with Crippen molar-refractivity contribution in [1.82, 2.24) is 9.80 Å². The van der Waals surface area contributed by atoms with Crippen molar-refractivity contribution in [3.8, 4) is 17.2 Å². The van der Waals surface area contributed by atoms with E-state index in [-0.39, 0.29) is 17.5 Å². The molecule has 2 heterocycles. The molecule has 0 N–H and O–H groups in total. The largest absolute Gasteiger partial charge is 0.496 e. The molecule has 132 valence electrons. The molecule has 0 spiro atoms. The highest BCUT2D eigenvalue weighted by Gasteiger charge is 2.38. The van der Waals surface area contributed by atoms with Gasteiger partial charge in [0.15, 0.2) is 16.6 Å². The summed E-state index contributed by atoms with van der Waals surface area (Å²) in [5.41, 5.74) is 0.595. The molecule has 8 heteroatoms. The topological polar surface area (TPSA) is 68.3 Å². The molecular formula is C17H18N2O5S. The van der Waals surface area contributed by atoms with Crippen molar-refractivity contribution in [1.29, 1.82) is 0 Å². The third kappa shape index (κ3) is 2.82. The van der Waals surface area contributed by atoms with Crippen molar-refractivity contribution in [2.45, 2.75) is 13.8 Å². The first-order chi connectivity index (χ1) is 12.0. The number of hydrogen-bond acceptors (Lipinski definition) is 6. The number of rotatable bonds is 4. The van der Waals surface area contributed by atoms with E-state index in [0.29, 0.717) is 35.9 Å². The van der Waals surface area contributed by atoms with Crippen LogP contribution in [-0.2, 0) is 9.59 Å². The molecule has 0 unspecified atom stereocenters. The third-order valence-electron chi connectivity index (χ3n) is 4.07. The molecule has 0 aromatic heterocycles. The minimum Gasteiger partial charge on any atom is -0.496 e. The zero-order valence-corrected chi connectivity index (χ0v) is 15.0. The molecule has 1 fully saturated rings. The van der Waals surface area contributed by atoms with E-state index in [1.807, 2.05) is 13.8 Å². The average Bonchev–Trinajstić information content (AvgIpc) is 3.06. The second kappa shape index (κ2) is 6.72. The predicted molar refractivity (Wildman–Crippen MR) is 94.5 cm³/mol. The third-order valence-corrected chi connectivity index (χ3v) is 4.51. The zero-order chi connectivity index (χ0) is 18.1. The van der Waals surface area contributed by atoms with Crippen molar-refractivity contribution in [3.05, 3.63) is 23.3 Å². The maximum Gasteiger partial charge on any atom is 0.265 e. The van der Waals surface area contributed by atoms with E-state index < -0.39 is 11.8 Å². The van der Waals surface area contributed by atoms with Gasteiger partial charge in [0.1, 0.15) is 11.3 Å². The Labute approximate surface area is 150 Å². The molecule has 7 nitrogen and oxygen atoms in total. The van der Waals surface area contributed by atoms with Gasteiger partial charge in [-0.25, -0.2) is 0 Å². The first-order valence-electron chi connectivity index (χ1n) is 7.88. The molecule has 1 aromatic carbocycles. The molecule has 0 bridgehead atoms. The van der Waals surface area contributed by atoms with Crippen LogP contribution < -0.4 is 14.2 Å². The summed E-state index contributed by atoms with van der Waals surface area (Å²) in [4.78, 5) is 28.2. The first kappa shape index (κ1) is 17.2. The van der Waals surface area contributed by atoms with Crippen LogP contribution in [-0.4, -0.2) is 53.7 Å². The molecule has 2 aliphatic heterocycles. The van der Waals surface area contributed by atoms with E-state index in [4.69, 9.17) is 26.4 Å².